The van der Waals surface area contributed by atoms with Gasteiger partial charge in [-0.05, 0) is 44.8 Å². The number of hydrogen-bond donors (Lipinski definition) is 3. The molecule has 0 aliphatic carbocycles. The minimum atomic E-state index is -0.0919. The molecular weight excluding hydrogens is 388 g/mol. The van der Waals surface area contributed by atoms with E-state index >= 15 is 0 Å². The summed E-state index contributed by atoms with van der Waals surface area (Å²) in [6, 6.07) is 0. The average Bonchev–Trinajstić information content (AvgIpc) is 3.00. The Hall–Kier alpha value is -1.13. The number of amides is 2. The van der Waals surface area contributed by atoms with Crippen molar-refractivity contribution < 1.29 is 9.59 Å². The lowest BCUT2D eigenvalue weighted by Gasteiger charge is -2.46. The van der Waals surface area contributed by atoms with Gasteiger partial charge in [-0.3, -0.25) is 30.5 Å². The van der Waals surface area contributed by atoms with Crippen LogP contribution in [0.25, 0.3) is 0 Å². The first kappa shape index (κ1) is 21.1. The smallest absolute Gasteiger partial charge is 0.244 e. The van der Waals surface area contributed by atoms with Crippen molar-refractivity contribution in [3.05, 3.63) is 12.2 Å². The van der Waals surface area contributed by atoms with Gasteiger partial charge in [0, 0.05) is 20.0 Å². The molecule has 2 bridgehead atoms. The summed E-state index contributed by atoms with van der Waals surface area (Å²) in [6.45, 7) is 3.76. The monoisotopic (exact) mass is 422 g/mol. The molecule has 0 aromatic heterocycles. The molecule has 3 saturated heterocycles. The molecule has 5 atom stereocenters. The van der Waals surface area contributed by atoms with Crippen molar-refractivity contribution in [2.45, 2.75) is 69.4 Å². The van der Waals surface area contributed by atoms with Crippen LogP contribution in [0.5, 0.6) is 0 Å². The molecule has 0 aromatic carbocycles. The number of nitrogens with zero attached hydrogens (tertiary/aromatic N) is 3. The quantitative estimate of drug-likeness (QED) is 0.541. The molecule has 4 aliphatic heterocycles. The fourth-order valence-corrected chi connectivity index (χ4v) is 5.57. The van der Waals surface area contributed by atoms with Gasteiger partial charge in [-0.15, -0.1) is 11.8 Å². The number of fused-ring (bicyclic) bond motifs is 6. The van der Waals surface area contributed by atoms with Gasteiger partial charge in [0.05, 0.1) is 31.0 Å². The lowest BCUT2D eigenvalue weighted by molar-refractivity contribution is -0.148. The van der Waals surface area contributed by atoms with Crippen molar-refractivity contribution in [2.24, 2.45) is 5.92 Å². The van der Waals surface area contributed by atoms with E-state index in [-0.39, 0.29) is 41.7 Å². The predicted octanol–water partition coefficient (Wildman–Crippen LogP) is 0.842. The van der Waals surface area contributed by atoms with Gasteiger partial charge < -0.3 is 4.90 Å². The lowest BCUT2D eigenvalue weighted by Crippen LogP contribution is -2.67. The summed E-state index contributed by atoms with van der Waals surface area (Å²) in [5, 5.41) is 15.0. The Kier molecular flexibility index (Phi) is 6.80. The average molecular weight is 423 g/mol. The molecule has 4 rings (SSSR count). The third kappa shape index (κ3) is 4.34. The maximum absolute atomic E-state index is 13.3. The molecule has 0 saturated carbocycles. The van der Waals surface area contributed by atoms with E-state index in [0.717, 1.165) is 45.1 Å². The molecule has 4 heterocycles. The van der Waals surface area contributed by atoms with Crippen molar-refractivity contribution in [1.82, 2.24) is 30.9 Å². The summed E-state index contributed by atoms with van der Waals surface area (Å²) < 4.78 is 0. The Balaban J connectivity index is 1.63. The normalized spacial score (nSPS) is 37.7. The third-order valence-electron chi connectivity index (χ3n) is 6.50. The number of nitrogens with one attached hydrogen (secondary N) is 3. The second kappa shape index (κ2) is 9.34. The maximum Gasteiger partial charge on any atom is 0.244 e. The molecular formula is C20H34N6O2S. The SMILES string of the molecule is CSC1NCC2C(=O)N3C/C=C\CCCCN(C(C)=O)C4CCCC(N4)N3C2N1. The molecule has 29 heavy (non-hydrogen) atoms. The maximum atomic E-state index is 13.3. The molecule has 8 nitrogen and oxygen atoms in total. The van der Waals surface area contributed by atoms with Crippen molar-refractivity contribution in [3.63, 3.8) is 0 Å². The van der Waals surface area contributed by atoms with Crippen LogP contribution in [0.3, 0.4) is 0 Å². The fourth-order valence-electron chi connectivity index (χ4n) is 5.03. The molecule has 2 amide bonds. The Labute approximate surface area is 177 Å². The number of allylic oxidation sites excluding steroid dienone is 1. The van der Waals surface area contributed by atoms with Crippen LogP contribution in [0.2, 0.25) is 0 Å². The van der Waals surface area contributed by atoms with E-state index in [2.05, 4.69) is 39.4 Å². The highest BCUT2D eigenvalue weighted by molar-refractivity contribution is 7.99. The van der Waals surface area contributed by atoms with Gasteiger partial charge in [-0.1, -0.05) is 12.2 Å². The molecule has 4 aliphatic rings. The number of thioether (sulfide) groups is 1. The van der Waals surface area contributed by atoms with Crippen LogP contribution in [-0.4, -0.2) is 76.6 Å². The van der Waals surface area contributed by atoms with Crippen LogP contribution in [0.4, 0.5) is 0 Å². The first-order valence-corrected chi connectivity index (χ1v) is 12.2. The van der Waals surface area contributed by atoms with Gasteiger partial charge in [0.25, 0.3) is 0 Å². The summed E-state index contributed by atoms with van der Waals surface area (Å²) in [7, 11) is 0. The second-order valence-electron chi connectivity index (χ2n) is 8.35. The first-order valence-electron chi connectivity index (χ1n) is 10.9. The van der Waals surface area contributed by atoms with Crippen LogP contribution in [0.15, 0.2) is 12.2 Å². The lowest BCUT2D eigenvalue weighted by atomic mass is 10.0. The molecule has 3 fully saturated rings. The van der Waals surface area contributed by atoms with Gasteiger partial charge in [0.2, 0.25) is 11.8 Å². The van der Waals surface area contributed by atoms with Crippen LogP contribution in [0, 0.1) is 5.92 Å². The highest BCUT2D eigenvalue weighted by atomic mass is 32.2. The van der Waals surface area contributed by atoms with Crippen LogP contribution in [-0.2, 0) is 9.59 Å². The third-order valence-corrected chi connectivity index (χ3v) is 7.28. The van der Waals surface area contributed by atoms with Crippen LogP contribution >= 0.6 is 11.8 Å². The summed E-state index contributed by atoms with van der Waals surface area (Å²) in [4.78, 5) is 27.6. The number of carbonyl (C=O) groups is 2. The zero-order valence-electron chi connectivity index (χ0n) is 17.5. The summed E-state index contributed by atoms with van der Waals surface area (Å²) in [5.74, 6) is 0.218. The Morgan fingerprint density at radius 3 is 2.76 bits per heavy atom. The minimum Gasteiger partial charge on any atom is -0.327 e. The number of rotatable bonds is 1. The zero-order valence-corrected chi connectivity index (χ0v) is 18.3. The summed E-state index contributed by atoms with van der Waals surface area (Å²) in [6.07, 6.45) is 12.5. The molecule has 0 radical (unpaired) electrons. The summed E-state index contributed by atoms with van der Waals surface area (Å²) >= 11 is 1.72. The van der Waals surface area contributed by atoms with Gasteiger partial charge in [0.15, 0.2) is 0 Å². The Morgan fingerprint density at radius 2 is 1.97 bits per heavy atom. The van der Waals surface area contributed by atoms with Crippen LogP contribution < -0.4 is 16.0 Å². The minimum absolute atomic E-state index is 0.0262. The zero-order chi connectivity index (χ0) is 20.4. The van der Waals surface area contributed by atoms with Crippen molar-refractivity contribution in [3.8, 4) is 0 Å². The van der Waals surface area contributed by atoms with Crippen molar-refractivity contribution in [1.29, 1.82) is 0 Å². The van der Waals surface area contributed by atoms with E-state index in [9.17, 15) is 9.59 Å². The van der Waals surface area contributed by atoms with E-state index in [1.165, 1.54) is 0 Å². The summed E-state index contributed by atoms with van der Waals surface area (Å²) in [5.41, 5.74) is 0.136. The number of hydrazine groups is 1. The van der Waals surface area contributed by atoms with E-state index in [1.54, 1.807) is 18.7 Å². The molecule has 3 N–H and O–H groups in total. The van der Waals surface area contributed by atoms with E-state index in [1.807, 2.05) is 9.91 Å². The Bertz CT molecular complexity index is 646. The second-order valence-corrected chi connectivity index (χ2v) is 9.29. The van der Waals surface area contributed by atoms with Gasteiger partial charge in [0.1, 0.15) is 5.50 Å². The molecule has 0 aromatic rings. The first-order chi connectivity index (χ1) is 14.1. The van der Waals surface area contributed by atoms with Gasteiger partial charge in [-0.25, -0.2) is 0 Å². The molecule has 162 valence electrons. The molecule has 0 spiro atoms. The van der Waals surface area contributed by atoms with E-state index in [4.69, 9.17) is 0 Å². The molecule has 9 heteroatoms. The number of hydrogen-bond acceptors (Lipinski definition) is 7. The standard InChI is InChI=1S/C20H34N6O2S/c1-14(27)24-11-6-4-3-5-7-12-25-19(28)15-13-21-20(29-2)23-18(15)26(25)17-10-8-9-16(24)22-17/h5,7,15-18,20-23H,3-4,6,8-13H2,1-2H3/b7-5-. The van der Waals surface area contributed by atoms with Gasteiger partial charge >= 0.3 is 0 Å². The Morgan fingerprint density at radius 1 is 1.14 bits per heavy atom. The van der Waals surface area contributed by atoms with Crippen molar-refractivity contribution in [2.75, 3.05) is 25.9 Å². The fraction of sp³-hybridized carbons (Fsp3) is 0.800. The number of piperidine rings is 1. The largest absolute Gasteiger partial charge is 0.327 e. The van der Waals surface area contributed by atoms with Crippen LogP contribution in [0.1, 0.15) is 45.4 Å². The van der Waals surface area contributed by atoms with E-state index in [0.29, 0.717) is 13.1 Å². The van der Waals surface area contributed by atoms with Crippen molar-refractivity contribution >= 4 is 23.6 Å². The van der Waals surface area contributed by atoms with E-state index < -0.39 is 0 Å². The predicted molar refractivity (Wildman–Crippen MR) is 114 cm³/mol. The number of carbonyl (C=O) groups excluding carboxylic acids is 2. The molecule has 5 unspecified atom stereocenters. The topological polar surface area (TPSA) is 80.0 Å². The van der Waals surface area contributed by atoms with Gasteiger partial charge in [-0.2, -0.15) is 5.01 Å². The highest BCUT2D eigenvalue weighted by Crippen LogP contribution is 2.32. The highest BCUT2D eigenvalue weighted by Gasteiger charge is 2.52.